The molecule has 3 nitrogen and oxygen atoms in total. The predicted octanol–water partition coefficient (Wildman–Crippen LogP) is -1.58. The Hall–Kier alpha value is -0.0900. The van der Waals surface area contributed by atoms with Crippen molar-refractivity contribution in [2.75, 3.05) is 11.5 Å². The van der Waals surface area contributed by atoms with E-state index in [1.807, 2.05) is 0 Å². The van der Waals surface area contributed by atoms with Crippen LogP contribution in [0.2, 0.25) is 0 Å². The molecule has 0 radical (unpaired) electrons. The fraction of sp³-hybridized carbons (Fsp3) is 1.00. The zero-order valence-electron chi connectivity index (χ0n) is 4.63. The maximum absolute atomic E-state index is 10.6. The van der Waals surface area contributed by atoms with Gasteiger partial charge in [0, 0.05) is 6.42 Å². The van der Waals surface area contributed by atoms with Crippen molar-refractivity contribution in [1.29, 1.82) is 0 Å². The summed E-state index contributed by atoms with van der Waals surface area (Å²) in [7, 11) is -2.66. The summed E-state index contributed by atoms with van der Waals surface area (Å²) in [5, 5.41) is 0. The molecule has 4 heteroatoms. The molecular weight excluding hydrogens is 126 g/mol. The molecule has 0 unspecified atom stereocenters. The fourth-order valence-corrected chi connectivity index (χ4v) is 2.62. The minimum Gasteiger partial charge on any atom is -0.354 e. The summed E-state index contributed by atoms with van der Waals surface area (Å²) >= 11 is 0. The maximum atomic E-state index is 10.6. The number of sulfone groups is 1. The highest BCUT2D eigenvalue weighted by atomic mass is 32.2. The molecule has 0 aromatic carbocycles. The monoisotopic (exact) mass is 136 g/mol. The summed E-state index contributed by atoms with van der Waals surface area (Å²) in [5.74, 6) is 0.647. The zero-order valence-corrected chi connectivity index (χ0v) is 5.45. The molecule has 0 bridgehead atoms. The lowest BCUT2D eigenvalue weighted by molar-refractivity contribution is -0.410. The smallest absolute Gasteiger partial charge is 0.156 e. The quantitative estimate of drug-likeness (QED) is 0.436. The molecule has 1 heterocycles. The molecule has 8 heavy (non-hydrogen) atoms. The minimum atomic E-state index is -2.66. The molecule has 1 atom stereocenters. The second-order valence-corrected chi connectivity index (χ2v) is 4.50. The zero-order chi connectivity index (χ0) is 6.20. The van der Waals surface area contributed by atoms with E-state index in [4.69, 9.17) is 0 Å². The van der Waals surface area contributed by atoms with Gasteiger partial charge in [0.1, 0.15) is 5.75 Å². The van der Waals surface area contributed by atoms with Crippen LogP contribution in [0.4, 0.5) is 0 Å². The van der Waals surface area contributed by atoms with Crippen molar-refractivity contribution in [3.63, 3.8) is 0 Å². The first kappa shape index (κ1) is 6.04. The van der Waals surface area contributed by atoms with Crippen LogP contribution in [0.3, 0.4) is 0 Å². The van der Waals surface area contributed by atoms with E-state index in [0.717, 1.165) is 6.42 Å². The Morgan fingerprint density at radius 2 is 2.12 bits per heavy atom. The van der Waals surface area contributed by atoms with Gasteiger partial charge in [0.05, 0.1) is 11.8 Å². The van der Waals surface area contributed by atoms with Gasteiger partial charge in [-0.25, -0.2) is 8.42 Å². The fourth-order valence-electron chi connectivity index (χ4n) is 0.872. The Labute approximate surface area is 48.8 Å². The van der Waals surface area contributed by atoms with Gasteiger partial charge in [0.2, 0.25) is 0 Å². The van der Waals surface area contributed by atoms with Crippen molar-refractivity contribution in [1.82, 2.24) is 0 Å². The van der Waals surface area contributed by atoms with Gasteiger partial charge in [-0.05, 0) is 0 Å². The highest BCUT2D eigenvalue weighted by Gasteiger charge is 2.27. The summed E-state index contributed by atoms with van der Waals surface area (Å²) in [5.41, 5.74) is 3.65. The van der Waals surface area contributed by atoms with Gasteiger partial charge in [-0.15, -0.1) is 0 Å². The van der Waals surface area contributed by atoms with Crippen LogP contribution in [0.5, 0.6) is 0 Å². The Morgan fingerprint density at radius 1 is 1.50 bits per heavy atom. The van der Waals surface area contributed by atoms with Crippen LogP contribution in [0.25, 0.3) is 0 Å². The Kier molecular flexibility index (Phi) is 1.28. The predicted molar refractivity (Wildman–Crippen MR) is 29.9 cm³/mol. The third kappa shape index (κ3) is 1.20. The molecule has 1 rings (SSSR count). The Bertz CT molecular complexity index is 172. The van der Waals surface area contributed by atoms with Gasteiger partial charge in [0.15, 0.2) is 9.84 Å². The Morgan fingerprint density at radius 3 is 2.25 bits per heavy atom. The van der Waals surface area contributed by atoms with Gasteiger partial charge in [-0.3, -0.25) is 0 Å². The van der Waals surface area contributed by atoms with E-state index in [9.17, 15) is 8.42 Å². The van der Waals surface area contributed by atoms with Crippen molar-refractivity contribution in [2.45, 2.75) is 12.5 Å². The first-order valence-electron chi connectivity index (χ1n) is 2.64. The van der Waals surface area contributed by atoms with Gasteiger partial charge in [-0.2, -0.15) is 0 Å². The van der Waals surface area contributed by atoms with Crippen LogP contribution < -0.4 is 5.73 Å². The highest BCUT2D eigenvalue weighted by molar-refractivity contribution is 7.91. The first-order valence-corrected chi connectivity index (χ1v) is 4.46. The molecule has 1 fully saturated rings. The van der Waals surface area contributed by atoms with E-state index in [-0.39, 0.29) is 6.04 Å². The molecule has 48 valence electrons. The van der Waals surface area contributed by atoms with Crippen LogP contribution >= 0.6 is 0 Å². The third-order valence-electron chi connectivity index (χ3n) is 1.33. The van der Waals surface area contributed by atoms with Crippen LogP contribution in [0, 0.1) is 0 Å². The second-order valence-electron chi connectivity index (χ2n) is 2.27. The molecule has 0 aliphatic carbocycles. The molecule has 0 amide bonds. The average Bonchev–Trinajstić information content (AvgIpc) is 1.82. The van der Waals surface area contributed by atoms with Crippen molar-refractivity contribution in [3.8, 4) is 0 Å². The summed E-state index contributed by atoms with van der Waals surface area (Å²) in [4.78, 5) is 0. The number of rotatable bonds is 0. The number of hydrogen-bond donors (Lipinski definition) is 1. The first-order chi connectivity index (χ1) is 3.60. The molecule has 0 spiro atoms. The summed E-state index contributed by atoms with van der Waals surface area (Å²) in [6.45, 7) is 0. The Balaban J connectivity index is 2.71. The summed E-state index contributed by atoms with van der Waals surface area (Å²) in [6.07, 6.45) is 0.752. The molecule has 3 N–H and O–H groups in total. The lowest BCUT2D eigenvalue weighted by Gasteiger charge is -1.87. The normalized spacial score (nSPS) is 35.4. The van der Waals surface area contributed by atoms with Gasteiger partial charge < -0.3 is 5.73 Å². The van der Waals surface area contributed by atoms with Crippen LogP contribution in [0.1, 0.15) is 6.42 Å². The second kappa shape index (κ2) is 1.70. The topological polar surface area (TPSA) is 61.8 Å². The molecular formula is C4H10NO2S+. The average molecular weight is 136 g/mol. The molecule has 1 aliphatic heterocycles. The van der Waals surface area contributed by atoms with Crippen molar-refractivity contribution in [2.24, 2.45) is 0 Å². The van der Waals surface area contributed by atoms with Crippen molar-refractivity contribution in [3.05, 3.63) is 0 Å². The van der Waals surface area contributed by atoms with Crippen LogP contribution in [-0.4, -0.2) is 26.0 Å². The lowest BCUT2D eigenvalue weighted by atomic mass is 10.3. The van der Waals surface area contributed by atoms with Gasteiger partial charge >= 0.3 is 0 Å². The highest BCUT2D eigenvalue weighted by Crippen LogP contribution is 2.06. The van der Waals surface area contributed by atoms with E-state index >= 15 is 0 Å². The third-order valence-corrected chi connectivity index (χ3v) is 3.16. The molecule has 1 aliphatic rings. The number of hydrogen-bond acceptors (Lipinski definition) is 2. The molecule has 0 aromatic heterocycles. The van der Waals surface area contributed by atoms with E-state index in [1.165, 1.54) is 0 Å². The van der Waals surface area contributed by atoms with Gasteiger partial charge in [-0.1, -0.05) is 0 Å². The molecule has 0 aromatic rings. The largest absolute Gasteiger partial charge is 0.354 e. The van der Waals surface area contributed by atoms with Crippen LogP contribution in [0.15, 0.2) is 0 Å². The SMILES string of the molecule is [NH3+][C@@H]1CCS(=O)(=O)C1. The van der Waals surface area contributed by atoms with Crippen molar-refractivity contribution >= 4 is 9.84 Å². The van der Waals surface area contributed by atoms with E-state index < -0.39 is 9.84 Å². The molecule has 0 saturated carbocycles. The van der Waals surface area contributed by atoms with Crippen LogP contribution in [-0.2, 0) is 9.84 Å². The van der Waals surface area contributed by atoms with E-state index in [2.05, 4.69) is 5.73 Å². The van der Waals surface area contributed by atoms with E-state index in [1.54, 1.807) is 0 Å². The number of quaternary nitrogens is 1. The maximum Gasteiger partial charge on any atom is 0.156 e. The minimum absolute atomic E-state index is 0.153. The summed E-state index contributed by atoms with van der Waals surface area (Å²) in [6, 6.07) is 0.153. The lowest BCUT2D eigenvalue weighted by Crippen LogP contribution is -2.61. The molecule has 1 saturated heterocycles. The van der Waals surface area contributed by atoms with E-state index in [0.29, 0.717) is 11.5 Å². The van der Waals surface area contributed by atoms with Gasteiger partial charge in [0.25, 0.3) is 0 Å². The standard InChI is InChI=1S/C4H9NO2S/c5-4-1-2-8(6,7)3-4/h4H,1-3,5H2/p+1/t4-/m1/s1. The van der Waals surface area contributed by atoms with Crippen molar-refractivity contribution < 1.29 is 14.2 Å². The summed E-state index contributed by atoms with van der Waals surface area (Å²) < 4.78 is 21.2.